The number of hydrogen-bond donors (Lipinski definition) is 1. The van der Waals surface area contributed by atoms with Gasteiger partial charge in [-0.15, -0.1) is 5.10 Å². The van der Waals surface area contributed by atoms with E-state index >= 15 is 0 Å². The van der Waals surface area contributed by atoms with E-state index in [0.717, 1.165) is 24.6 Å². The molecule has 0 radical (unpaired) electrons. The van der Waals surface area contributed by atoms with E-state index < -0.39 is 0 Å². The van der Waals surface area contributed by atoms with E-state index in [0.29, 0.717) is 5.92 Å². The summed E-state index contributed by atoms with van der Waals surface area (Å²) in [5.41, 5.74) is 1.09. The van der Waals surface area contributed by atoms with E-state index in [2.05, 4.69) is 62.1 Å². The monoisotopic (exact) mass is 264 g/mol. The van der Waals surface area contributed by atoms with Gasteiger partial charge in [-0.2, -0.15) is 5.10 Å². The fourth-order valence-corrected chi connectivity index (χ4v) is 1.57. The van der Waals surface area contributed by atoms with Gasteiger partial charge in [0.2, 0.25) is 0 Å². The highest BCUT2D eigenvalue weighted by molar-refractivity contribution is 5.35. The van der Waals surface area contributed by atoms with Crippen LogP contribution in [-0.4, -0.2) is 29.3 Å². The molecule has 0 unspecified atom stereocenters. The van der Waals surface area contributed by atoms with Crippen LogP contribution in [0, 0.1) is 5.92 Å². The molecule has 19 heavy (non-hydrogen) atoms. The molecule has 1 aromatic rings. The van der Waals surface area contributed by atoms with Gasteiger partial charge in [0.25, 0.3) is 0 Å². The van der Waals surface area contributed by atoms with Gasteiger partial charge in [-0.3, -0.25) is 0 Å². The first-order valence-corrected chi connectivity index (χ1v) is 7.07. The molecule has 4 heteroatoms. The number of rotatable bonds is 6. The van der Waals surface area contributed by atoms with Crippen LogP contribution < -0.4 is 10.2 Å². The van der Waals surface area contributed by atoms with Crippen molar-refractivity contribution >= 4 is 5.82 Å². The molecule has 0 aliphatic heterocycles. The second-order valence-electron chi connectivity index (χ2n) is 6.59. The standard InChI is InChI=1S/C15H28N4/c1-12(2)9-10-19(6)14-8-7-13(17-18-14)11-16-15(3,4)5/h7-8,12,16H,9-11H2,1-6H3. The Labute approximate surface area is 117 Å². The molecule has 1 aromatic heterocycles. The molecule has 108 valence electrons. The summed E-state index contributed by atoms with van der Waals surface area (Å²) in [6.45, 7) is 12.7. The minimum absolute atomic E-state index is 0.106. The largest absolute Gasteiger partial charge is 0.358 e. The van der Waals surface area contributed by atoms with Crippen molar-refractivity contribution in [3.05, 3.63) is 17.8 Å². The summed E-state index contributed by atoms with van der Waals surface area (Å²) in [5.74, 6) is 1.66. The van der Waals surface area contributed by atoms with E-state index in [-0.39, 0.29) is 5.54 Å². The van der Waals surface area contributed by atoms with Crippen LogP contribution >= 0.6 is 0 Å². The van der Waals surface area contributed by atoms with E-state index in [1.165, 1.54) is 6.42 Å². The van der Waals surface area contributed by atoms with E-state index in [9.17, 15) is 0 Å². The van der Waals surface area contributed by atoms with Crippen LogP contribution in [0.3, 0.4) is 0 Å². The molecule has 1 N–H and O–H groups in total. The van der Waals surface area contributed by atoms with E-state index in [1.54, 1.807) is 0 Å². The van der Waals surface area contributed by atoms with Crippen LogP contribution in [0.5, 0.6) is 0 Å². The summed E-state index contributed by atoms with van der Waals surface area (Å²) in [7, 11) is 2.07. The first kappa shape index (κ1) is 15.9. The molecule has 0 aliphatic carbocycles. The van der Waals surface area contributed by atoms with Crippen molar-refractivity contribution in [2.75, 3.05) is 18.5 Å². The van der Waals surface area contributed by atoms with Crippen molar-refractivity contribution in [1.29, 1.82) is 0 Å². The van der Waals surface area contributed by atoms with Gasteiger partial charge >= 0.3 is 0 Å². The Morgan fingerprint density at radius 3 is 2.37 bits per heavy atom. The van der Waals surface area contributed by atoms with Gasteiger partial charge in [-0.05, 0) is 45.2 Å². The van der Waals surface area contributed by atoms with Crippen molar-refractivity contribution in [3.8, 4) is 0 Å². The minimum atomic E-state index is 0.106. The third-order valence-corrected chi connectivity index (χ3v) is 2.94. The molecule has 1 rings (SSSR count). The molecule has 0 aromatic carbocycles. The third-order valence-electron chi connectivity index (χ3n) is 2.94. The third kappa shape index (κ3) is 6.53. The van der Waals surface area contributed by atoms with Gasteiger partial charge in [0, 0.05) is 25.7 Å². The minimum Gasteiger partial charge on any atom is -0.358 e. The molecule has 0 amide bonds. The maximum atomic E-state index is 4.29. The van der Waals surface area contributed by atoms with Gasteiger partial charge in [0.1, 0.15) is 0 Å². The molecule has 0 spiro atoms. The lowest BCUT2D eigenvalue weighted by atomic mass is 10.1. The lowest BCUT2D eigenvalue weighted by molar-refractivity contribution is 0.420. The second kappa shape index (κ2) is 6.85. The Balaban J connectivity index is 2.51. The van der Waals surface area contributed by atoms with Crippen molar-refractivity contribution in [2.45, 2.75) is 53.1 Å². The molecule has 0 bridgehead atoms. The van der Waals surface area contributed by atoms with Gasteiger partial charge in [-0.1, -0.05) is 13.8 Å². The number of hydrogen-bond acceptors (Lipinski definition) is 4. The van der Waals surface area contributed by atoms with E-state index in [1.807, 2.05) is 12.1 Å². The Morgan fingerprint density at radius 2 is 1.89 bits per heavy atom. The number of nitrogens with zero attached hydrogens (tertiary/aromatic N) is 3. The van der Waals surface area contributed by atoms with Gasteiger partial charge < -0.3 is 10.2 Å². The molecular weight excluding hydrogens is 236 g/mol. The van der Waals surface area contributed by atoms with Crippen molar-refractivity contribution in [2.24, 2.45) is 5.92 Å². The Kier molecular flexibility index (Phi) is 5.73. The quantitative estimate of drug-likeness (QED) is 0.858. The topological polar surface area (TPSA) is 41.0 Å². The summed E-state index contributed by atoms with van der Waals surface area (Å²) in [5, 5.41) is 12.0. The lowest BCUT2D eigenvalue weighted by Gasteiger charge is -2.21. The smallest absolute Gasteiger partial charge is 0.150 e. The summed E-state index contributed by atoms with van der Waals surface area (Å²) >= 11 is 0. The average Bonchev–Trinajstić information content (AvgIpc) is 2.33. The molecule has 0 saturated carbocycles. The van der Waals surface area contributed by atoms with Crippen LogP contribution in [0.2, 0.25) is 0 Å². The van der Waals surface area contributed by atoms with Gasteiger partial charge in [-0.25, -0.2) is 0 Å². The first-order chi connectivity index (χ1) is 8.78. The Hall–Kier alpha value is -1.16. The number of aromatic nitrogens is 2. The lowest BCUT2D eigenvalue weighted by Crippen LogP contribution is -2.35. The fourth-order valence-electron chi connectivity index (χ4n) is 1.57. The predicted molar refractivity (Wildman–Crippen MR) is 81.3 cm³/mol. The maximum Gasteiger partial charge on any atom is 0.150 e. The summed E-state index contributed by atoms with van der Waals surface area (Å²) in [6, 6.07) is 4.10. The highest BCUT2D eigenvalue weighted by atomic mass is 15.2. The molecule has 0 atom stereocenters. The van der Waals surface area contributed by atoms with Crippen LogP contribution in [-0.2, 0) is 6.54 Å². The SMILES string of the molecule is CC(C)CCN(C)c1ccc(CNC(C)(C)C)nn1. The molecular formula is C15H28N4. The zero-order chi connectivity index (χ0) is 14.5. The van der Waals surface area contributed by atoms with Gasteiger partial charge in [0.15, 0.2) is 5.82 Å². The van der Waals surface area contributed by atoms with Crippen LogP contribution in [0.25, 0.3) is 0 Å². The van der Waals surface area contributed by atoms with Crippen molar-refractivity contribution in [3.63, 3.8) is 0 Å². The highest BCUT2D eigenvalue weighted by Crippen LogP contribution is 2.10. The molecule has 4 nitrogen and oxygen atoms in total. The average molecular weight is 264 g/mol. The second-order valence-corrected chi connectivity index (χ2v) is 6.59. The van der Waals surface area contributed by atoms with Crippen LogP contribution in [0.15, 0.2) is 12.1 Å². The fraction of sp³-hybridized carbons (Fsp3) is 0.733. The van der Waals surface area contributed by atoms with Gasteiger partial charge in [0.05, 0.1) is 5.69 Å². The van der Waals surface area contributed by atoms with Crippen LogP contribution in [0.1, 0.15) is 46.7 Å². The number of nitrogens with one attached hydrogen (secondary N) is 1. The van der Waals surface area contributed by atoms with E-state index in [4.69, 9.17) is 0 Å². The normalized spacial score (nSPS) is 11.9. The Morgan fingerprint density at radius 1 is 1.21 bits per heavy atom. The van der Waals surface area contributed by atoms with Crippen molar-refractivity contribution < 1.29 is 0 Å². The Bertz CT molecular complexity index is 365. The highest BCUT2D eigenvalue weighted by Gasteiger charge is 2.09. The zero-order valence-corrected chi connectivity index (χ0v) is 13.2. The zero-order valence-electron chi connectivity index (χ0n) is 13.2. The molecule has 0 fully saturated rings. The molecule has 0 aliphatic rings. The predicted octanol–water partition coefficient (Wildman–Crippen LogP) is 2.85. The summed E-state index contributed by atoms with van der Waals surface area (Å²) in [4.78, 5) is 2.16. The van der Waals surface area contributed by atoms with Crippen molar-refractivity contribution in [1.82, 2.24) is 15.5 Å². The first-order valence-electron chi connectivity index (χ1n) is 7.07. The number of anilines is 1. The van der Waals surface area contributed by atoms with Crippen LogP contribution in [0.4, 0.5) is 5.82 Å². The molecule has 0 saturated heterocycles. The summed E-state index contributed by atoms with van der Waals surface area (Å²) in [6.07, 6.45) is 1.17. The maximum absolute atomic E-state index is 4.29. The summed E-state index contributed by atoms with van der Waals surface area (Å²) < 4.78 is 0. The molecule has 1 heterocycles.